The number of imidazole rings is 1. The molecule has 0 radical (unpaired) electrons. The van der Waals surface area contributed by atoms with E-state index in [-0.39, 0.29) is 16.5 Å². The Hall–Kier alpha value is -4.29. The van der Waals surface area contributed by atoms with E-state index < -0.39 is 5.82 Å². The van der Waals surface area contributed by atoms with Crippen molar-refractivity contribution in [3.63, 3.8) is 0 Å². The summed E-state index contributed by atoms with van der Waals surface area (Å²) < 4.78 is 16.3. The number of rotatable bonds is 4. The van der Waals surface area contributed by atoms with Gasteiger partial charge in [-0.1, -0.05) is 60.1 Å². The second-order valence-electron chi connectivity index (χ2n) is 11.9. The van der Waals surface area contributed by atoms with Gasteiger partial charge < -0.3 is 10.3 Å². The summed E-state index contributed by atoms with van der Waals surface area (Å²) in [5.41, 5.74) is 9.48. The average Bonchev–Trinajstić information content (AvgIpc) is 3.68. The zero-order chi connectivity index (χ0) is 28.4. The summed E-state index contributed by atoms with van der Waals surface area (Å²) in [6, 6.07) is 29.1. The van der Waals surface area contributed by atoms with Crippen LogP contribution in [-0.2, 0) is 5.41 Å². The molecule has 2 aliphatic rings. The van der Waals surface area contributed by atoms with Gasteiger partial charge in [-0.15, -0.1) is 0 Å². The number of aromatic nitrogens is 3. The highest BCUT2D eigenvalue weighted by Gasteiger charge is 2.50. The molecule has 42 heavy (non-hydrogen) atoms. The molecule has 1 aliphatic heterocycles. The maximum atomic E-state index is 13.9. The van der Waals surface area contributed by atoms with Crippen molar-refractivity contribution in [2.45, 2.75) is 50.1 Å². The predicted octanol–water partition coefficient (Wildman–Crippen LogP) is 9.00. The van der Waals surface area contributed by atoms with Crippen LogP contribution in [0, 0.1) is 12.7 Å². The zero-order valence-corrected chi connectivity index (χ0v) is 24.1. The molecule has 0 saturated heterocycles. The lowest BCUT2D eigenvalue weighted by molar-refractivity contribution is -0.688. The number of H-pyrrole nitrogens is 2. The molecule has 5 nitrogen and oxygen atoms in total. The van der Waals surface area contributed by atoms with Gasteiger partial charge in [0.15, 0.2) is 0 Å². The third kappa shape index (κ3) is 3.85. The number of aromatic amines is 2. The molecule has 1 fully saturated rings. The standard InChI is InChI=1S/C35H31ClFN5/c1-21-7-6-8-24-25(20-38-32(21)24)33-35(26-9-2-3-10-29(26)40-33)17-15-23(16-18-35)42-31-12-5-4-11-30(31)41-34(42)39-22-13-14-28(37)27(36)19-22/h2-14,19-20,23,33,38,40H,15-18H2,1H3,(H,39,41)/p+1. The fourth-order valence-corrected chi connectivity index (χ4v) is 7.83. The fraction of sp³-hybridized carbons (Fsp3) is 0.229. The van der Waals surface area contributed by atoms with Crippen LogP contribution in [0.15, 0.2) is 91.1 Å². The highest BCUT2D eigenvalue weighted by Crippen LogP contribution is 2.58. The number of nitrogens with zero attached hydrogens (tertiary/aromatic N) is 1. The Morgan fingerprint density at radius 3 is 2.62 bits per heavy atom. The number of aryl methyl sites for hydroxylation is 1. The normalized spacial score (nSPS) is 21.6. The van der Waals surface area contributed by atoms with Gasteiger partial charge in [0.25, 0.3) is 0 Å². The molecular formula is C35H32ClFN5+. The molecule has 0 amide bonds. The highest BCUT2D eigenvalue weighted by molar-refractivity contribution is 6.31. The summed E-state index contributed by atoms with van der Waals surface area (Å²) in [6.45, 7) is 2.17. The van der Waals surface area contributed by atoms with E-state index in [1.807, 2.05) is 6.07 Å². The Balaban J connectivity index is 1.17. The summed E-state index contributed by atoms with van der Waals surface area (Å²) in [5.74, 6) is 0.461. The average molecular weight is 577 g/mol. The maximum absolute atomic E-state index is 13.9. The first-order valence-electron chi connectivity index (χ1n) is 14.7. The van der Waals surface area contributed by atoms with E-state index in [4.69, 9.17) is 11.6 Å². The molecule has 1 spiro atoms. The number of benzene rings is 4. The second kappa shape index (κ2) is 9.63. The molecule has 1 saturated carbocycles. The lowest BCUT2D eigenvalue weighted by Gasteiger charge is -2.41. The van der Waals surface area contributed by atoms with Crippen molar-refractivity contribution >= 4 is 50.9 Å². The lowest BCUT2D eigenvalue weighted by Crippen LogP contribution is -2.46. The van der Waals surface area contributed by atoms with Crippen LogP contribution in [0.3, 0.4) is 0 Å². The van der Waals surface area contributed by atoms with Crippen LogP contribution in [0.5, 0.6) is 0 Å². The van der Waals surface area contributed by atoms with Crippen LogP contribution in [-0.4, -0.2) is 9.97 Å². The van der Waals surface area contributed by atoms with E-state index in [2.05, 4.69) is 99.0 Å². The first-order valence-corrected chi connectivity index (χ1v) is 15.1. The minimum Gasteiger partial charge on any atom is -0.377 e. The number of anilines is 3. The molecule has 7 heteroatoms. The predicted molar refractivity (Wildman–Crippen MR) is 168 cm³/mol. The molecule has 0 bridgehead atoms. The Morgan fingerprint density at radius 2 is 1.76 bits per heavy atom. The van der Waals surface area contributed by atoms with Gasteiger partial charge in [-0.25, -0.2) is 19.3 Å². The Morgan fingerprint density at radius 1 is 0.952 bits per heavy atom. The molecule has 2 aromatic heterocycles. The minimum absolute atomic E-state index is 0.00327. The summed E-state index contributed by atoms with van der Waals surface area (Å²) in [4.78, 5) is 7.16. The van der Waals surface area contributed by atoms with Crippen molar-refractivity contribution in [1.29, 1.82) is 0 Å². The van der Waals surface area contributed by atoms with Crippen molar-refractivity contribution in [2.75, 3.05) is 10.6 Å². The van der Waals surface area contributed by atoms with Crippen LogP contribution in [0.2, 0.25) is 5.02 Å². The van der Waals surface area contributed by atoms with E-state index >= 15 is 0 Å². The Kier molecular flexibility index (Phi) is 5.83. The van der Waals surface area contributed by atoms with Gasteiger partial charge in [-0.2, -0.15) is 0 Å². The van der Waals surface area contributed by atoms with E-state index in [0.717, 1.165) is 48.4 Å². The first kappa shape index (κ1) is 25.4. The quantitative estimate of drug-likeness (QED) is 0.158. The van der Waals surface area contributed by atoms with Crippen molar-refractivity contribution in [3.05, 3.63) is 119 Å². The zero-order valence-electron chi connectivity index (χ0n) is 23.3. The summed E-state index contributed by atoms with van der Waals surface area (Å²) in [7, 11) is 0. The molecule has 6 aromatic rings. The number of fused-ring (bicyclic) bond motifs is 4. The highest BCUT2D eigenvalue weighted by atomic mass is 35.5. The number of hydrogen-bond donors (Lipinski definition) is 4. The van der Waals surface area contributed by atoms with Gasteiger partial charge >= 0.3 is 5.95 Å². The Bertz CT molecular complexity index is 1970. The van der Waals surface area contributed by atoms with Crippen molar-refractivity contribution in [2.24, 2.45) is 0 Å². The molecule has 4 aromatic carbocycles. The number of hydrogen-bond acceptors (Lipinski definition) is 2. The number of para-hydroxylation sites is 4. The topological polar surface area (TPSA) is 59.5 Å². The van der Waals surface area contributed by atoms with Crippen LogP contribution < -0.4 is 15.2 Å². The van der Waals surface area contributed by atoms with Gasteiger partial charge in [-0.3, -0.25) is 0 Å². The maximum Gasteiger partial charge on any atom is 0.361 e. The van der Waals surface area contributed by atoms with Gasteiger partial charge in [0.05, 0.1) is 17.1 Å². The van der Waals surface area contributed by atoms with Crippen molar-refractivity contribution in [3.8, 4) is 0 Å². The van der Waals surface area contributed by atoms with Crippen molar-refractivity contribution in [1.82, 2.24) is 9.97 Å². The minimum atomic E-state index is -0.422. The van der Waals surface area contributed by atoms with E-state index in [0.29, 0.717) is 6.04 Å². The number of halogens is 2. The molecule has 1 unspecified atom stereocenters. The van der Waals surface area contributed by atoms with Crippen LogP contribution in [0.1, 0.15) is 54.5 Å². The second-order valence-corrected chi connectivity index (χ2v) is 12.3. The van der Waals surface area contributed by atoms with Crippen molar-refractivity contribution < 1.29 is 8.96 Å². The SMILES string of the molecule is Cc1cccc2c(C3Nc4ccccc4C34CCC([n+]3c(Nc5ccc(F)c(Cl)c5)[nH]c5ccccc53)CC4)c[nH]c12. The first-order chi connectivity index (χ1) is 20.5. The number of nitrogens with one attached hydrogen (secondary N) is 4. The Labute approximate surface area is 248 Å². The molecule has 1 atom stereocenters. The van der Waals surface area contributed by atoms with E-state index in [1.165, 1.54) is 39.3 Å². The fourth-order valence-electron chi connectivity index (χ4n) is 7.65. The summed E-state index contributed by atoms with van der Waals surface area (Å²) >= 11 is 6.12. The van der Waals surface area contributed by atoms with Crippen LogP contribution in [0.25, 0.3) is 21.9 Å². The van der Waals surface area contributed by atoms with Gasteiger partial charge in [-0.05, 0) is 80.1 Å². The molecule has 4 N–H and O–H groups in total. The molecule has 210 valence electrons. The van der Waals surface area contributed by atoms with Gasteiger partial charge in [0.1, 0.15) is 22.5 Å². The molecule has 8 rings (SSSR count). The summed E-state index contributed by atoms with van der Waals surface area (Å²) in [5, 5.41) is 8.86. The van der Waals surface area contributed by atoms with Gasteiger partial charge in [0, 0.05) is 33.8 Å². The van der Waals surface area contributed by atoms with E-state index in [1.54, 1.807) is 12.1 Å². The van der Waals surface area contributed by atoms with E-state index in [9.17, 15) is 4.39 Å². The van der Waals surface area contributed by atoms with Crippen LogP contribution in [0.4, 0.5) is 21.7 Å². The third-order valence-corrected chi connectivity index (χ3v) is 9.92. The molecular weight excluding hydrogens is 545 g/mol. The smallest absolute Gasteiger partial charge is 0.361 e. The summed E-state index contributed by atoms with van der Waals surface area (Å²) in [6.07, 6.45) is 6.39. The third-order valence-electron chi connectivity index (χ3n) is 9.64. The lowest BCUT2D eigenvalue weighted by atomic mass is 9.64. The van der Waals surface area contributed by atoms with Crippen LogP contribution >= 0.6 is 11.6 Å². The van der Waals surface area contributed by atoms with Gasteiger partial charge in [0.2, 0.25) is 0 Å². The molecule has 3 heterocycles. The monoisotopic (exact) mass is 576 g/mol. The largest absolute Gasteiger partial charge is 0.377 e. The molecule has 1 aliphatic carbocycles.